The molecular formula is C23H27N3O3. The monoisotopic (exact) mass is 393 g/mol. The second-order valence-corrected chi connectivity index (χ2v) is 7.85. The number of carbonyl (C=O) groups is 2. The second kappa shape index (κ2) is 8.25. The highest BCUT2D eigenvalue weighted by Gasteiger charge is 2.32. The number of ether oxygens (including phenoxy) is 1. The van der Waals surface area contributed by atoms with Crippen molar-refractivity contribution in [3.8, 4) is 5.75 Å². The number of nitrogens with one attached hydrogen (secondary N) is 2. The lowest BCUT2D eigenvalue weighted by atomic mass is 9.96. The molecule has 6 heteroatoms. The van der Waals surface area contributed by atoms with Crippen LogP contribution in [0, 0.1) is 0 Å². The zero-order chi connectivity index (χ0) is 20.4. The molecule has 1 saturated heterocycles. The molecule has 2 aliphatic rings. The molecule has 0 aliphatic carbocycles. The van der Waals surface area contributed by atoms with Crippen molar-refractivity contribution >= 4 is 23.2 Å². The van der Waals surface area contributed by atoms with Gasteiger partial charge in [0.25, 0.3) is 5.91 Å². The first kappa shape index (κ1) is 19.5. The van der Waals surface area contributed by atoms with Crippen LogP contribution in [0.3, 0.4) is 0 Å². The van der Waals surface area contributed by atoms with Gasteiger partial charge in [0.05, 0.1) is 5.69 Å². The predicted molar refractivity (Wildman–Crippen MR) is 113 cm³/mol. The molecule has 0 bridgehead atoms. The van der Waals surface area contributed by atoms with Crippen LogP contribution in [0.1, 0.15) is 44.7 Å². The number of benzene rings is 2. The molecule has 3 atom stereocenters. The topological polar surface area (TPSA) is 70.7 Å². The summed E-state index contributed by atoms with van der Waals surface area (Å²) in [5, 5.41) is 5.88. The van der Waals surface area contributed by atoms with Gasteiger partial charge < -0.3 is 15.4 Å². The van der Waals surface area contributed by atoms with Crippen LogP contribution in [-0.2, 0) is 9.59 Å². The van der Waals surface area contributed by atoms with Crippen molar-refractivity contribution in [3.63, 3.8) is 0 Å². The fourth-order valence-electron chi connectivity index (χ4n) is 4.13. The molecule has 152 valence electrons. The second-order valence-electron chi connectivity index (χ2n) is 7.85. The van der Waals surface area contributed by atoms with Crippen LogP contribution in [0.25, 0.3) is 0 Å². The first-order valence-electron chi connectivity index (χ1n) is 10.3. The maximum absolute atomic E-state index is 13.4. The first-order chi connectivity index (χ1) is 14.0. The van der Waals surface area contributed by atoms with E-state index in [0.29, 0.717) is 23.2 Å². The lowest BCUT2D eigenvalue weighted by Crippen LogP contribution is -2.45. The van der Waals surface area contributed by atoms with E-state index in [9.17, 15) is 9.59 Å². The van der Waals surface area contributed by atoms with E-state index >= 15 is 0 Å². The first-order valence-corrected chi connectivity index (χ1v) is 10.3. The molecule has 29 heavy (non-hydrogen) atoms. The van der Waals surface area contributed by atoms with Gasteiger partial charge in [0, 0.05) is 11.7 Å². The van der Waals surface area contributed by atoms with Gasteiger partial charge >= 0.3 is 0 Å². The molecular weight excluding hydrogens is 366 g/mol. The summed E-state index contributed by atoms with van der Waals surface area (Å²) in [6, 6.07) is 15.2. The number of anilines is 2. The molecule has 0 spiro atoms. The van der Waals surface area contributed by atoms with Crippen molar-refractivity contribution in [2.45, 2.75) is 51.3 Å². The van der Waals surface area contributed by atoms with Gasteiger partial charge in [-0.15, -0.1) is 0 Å². The molecule has 2 amide bonds. The number of piperidine rings is 1. The van der Waals surface area contributed by atoms with Crippen molar-refractivity contribution in [3.05, 3.63) is 54.1 Å². The quantitative estimate of drug-likeness (QED) is 0.825. The zero-order valence-corrected chi connectivity index (χ0v) is 16.9. The van der Waals surface area contributed by atoms with E-state index in [2.05, 4.69) is 22.5 Å². The van der Waals surface area contributed by atoms with E-state index in [1.54, 1.807) is 19.1 Å². The Hall–Kier alpha value is -2.86. The van der Waals surface area contributed by atoms with Gasteiger partial charge in [-0.1, -0.05) is 36.8 Å². The Morgan fingerprint density at radius 3 is 2.72 bits per heavy atom. The average Bonchev–Trinajstić information content (AvgIpc) is 2.71. The predicted octanol–water partition coefficient (Wildman–Crippen LogP) is 3.96. The molecule has 2 aliphatic heterocycles. The molecule has 6 nitrogen and oxygen atoms in total. The summed E-state index contributed by atoms with van der Waals surface area (Å²) in [7, 11) is 0. The van der Waals surface area contributed by atoms with Gasteiger partial charge in [0.1, 0.15) is 11.8 Å². The van der Waals surface area contributed by atoms with Crippen molar-refractivity contribution in [1.29, 1.82) is 0 Å². The van der Waals surface area contributed by atoms with Gasteiger partial charge in [-0.2, -0.15) is 0 Å². The average molecular weight is 393 g/mol. The number of carbonyl (C=O) groups excluding carboxylic acids is 2. The SMILES string of the molecule is C[C@@H]1Oc2ccc(NC(=O)[C@H](c3ccccc3)N3CCCC[C@@H]3C)cc2NC1=O. The van der Waals surface area contributed by atoms with E-state index in [0.717, 1.165) is 24.9 Å². The number of rotatable bonds is 4. The van der Waals surface area contributed by atoms with Crippen LogP contribution in [0.5, 0.6) is 5.75 Å². The van der Waals surface area contributed by atoms with Gasteiger partial charge in [-0.3, -0.25) is 14.5 Å². The van der Waals surface area contributed by atoms with E-state index in [-0.39, 0.29) is 17.9 Å². The summed E-state index contributed by atoms with van der Waals surface area (Å²) in [5.41, 5.74) is 2.20. The molecule has 2 aromatic rings. The largest absolute Gasteiger partial charge is 0.479 e. The van der Waals surface area contributed by atoms with E-state index < -0.39 is 6.10 Å². The van der Waals surface area contributed by atoms with Gasteiger partial charge in [-0.05, 0) is 57.0 Å². The van der Waals surface area contributed by atoms with Crippen LogP contribution in [-0.4, -0.2) is 35.4 Å². The van der Waals surface area contributed by atoms with Crippen LogP contribution in [0.2, 0.25) is 0 Å². The number of hydrogen-bond acceptors (Lipinski definition) is 4. The number of nitrogens with zero attached hydrogens (tertiary/aromatic N) is 1. The molecule has 0 unspecified atom stereocenters. The smallest absolute Gasteiger partial charge is 0.265 e. The summed E-state index contributed by atoms with van der Waals surface area (Å²) in [6.07, 6.45) is 2.87. The molecule has 2 aromatic carbocycles. The maximum atomic E-state index is 13.4. The van der Waals surface area contributed by atoms with Gasteiger partial charge in [0.2, 0.25) is 5.91 Å². The van der Waals surface area contributed by atoms with Crippen molar-refractivity contribution < 1.29 is 14.3 Å². The lowest BCUT2D eigenvalue weighted by molar-refractivity contribution is -0.123. The van der Waals surface area contributed by atoms with Crippen molar-refractivity contribution in [2.24, 2.45) is 0 Å². The van der Waals surface area contributed by atoms with Crippen LogP contribution in [0.15, 0.2) is 48.5 Å². The maximum Gasteiger partial charge on any atom is 0.265 e. The summed E-state index contributed by atoms with van der Waals surface area (Å²) in [6.45, 7) is 4.80. The van der Waals surface area contributed by atoms with E-state index in [1.165, 1.54) is 6.42 Å². The molecule has 0 saturated carbocycles. The Morgan fingerprint density at radius 2 is 1.97 bits per heavy atom. The molecule has 0 aromatic heterocycles. The van der Waals surface area contributed by atoms with Gasteiger partial charge in [0.15, 0.2) is 6.10 Å². The number of fused-ring (bicyclic) bond motifs is 1. The molecule has 2 heterocycles. The number of hydrogen-bond donors (Lipinski definition) is 2. The third kappa shape index (κ3) is 4.12. The Morgan fingerprint density at radius 1 is 1.17 bits per heavy atom. The van der Waals surface area contributed by atoms with E-state index in [1.807, 2.05) is 36.4 Å². The standard InChI is InChI=1S/C23H27N3O3/c1-15-8-6-7-13-26(15)21(17-9-4-3-5-10-17)23(28)24-18-11-12-20-19(14-18)25-22(27)16(2)29-20/h3-5,9-12,14-16,21H,6-8,13H2,1-2H3,(H,24,28)(H,25,27)/t15-,16-,21-/m0/s1. The van der Waals surface area contributed by atoms with E-state index in [4.69, 9.17) is 4.74 Å². The molecule has 1 fully saturated rings. The number of amides is 2. The van der Waals surface area contributed by atoms with Gasteiger partial charge in [-0.25, -0.2) is 0 Å². The third-order valence-corrected chi connectivity index (χ3v) is 5.73. The lowest BCUT2D eigenvalue weighted by Gasteiger charge is -2.39. The highest BCUT2D eigenvalue weighted by atomic mass is 16.5. The summed E-state index contributed by atoms with van der Waals surface area (Å²) < 4.78 is 5.60. The van der Waals surface area contributed by atoms with Crippen LogP contribution < -0.4 is 15.4 Å². The van der Waals surface area contributed by atoms with Crippen LogP contribution >= 0.6 is 0 Å². The Labute approximate surface area is 171 Å². The normalized spacial score (nSPS) is 22.8. The highest BCUT2D eigenvalue weighted by molar-refractivity contribution is 6.00. The summed E-state index contributed by atoms with van der Waals surface area (Å²) >= 11 is 0. The molecule has 2 N–H and O–H groups in total. The Bertz CT molecular complexity index is 899. The highest BCUT2D eigenvalue weighted by Crippen LogP contribution is 2.34. The Balaban J connectivity index is 1.59. The number of likely N-dealkylation sites (tertiary alicyclic amines) is 1. The third-order valence-electron chi connectivity index (χ3n) is 5.73. The fourth-order valence-corrected chi connectivity index (χ4v) is 4.13. The van der Waals surface area contributed by atoms with Crippen molar-refractivity contribution in [2.75, 3.05) is 17.2 Å². The summed E-state index contributed by atoms with van der Waals surface area (Å²) in [4.78, 5) is 27.6. The minimum absolute atomic E-state index is 0.0682. The minimum Gasteiger partial charge on any atom is -0.479 e. The molecule has 4 rings (SSSR count). The Kier molecular flexibility index (Phi) is 5.53. The minimum atomic E-state index is -0.522. The molecule has 0 radical (unpaired) electrons. The van der Waals surface area contributed by atoms with Crippen LogP contribution in [0.4, 0.5) is 11.4 Å². The van der Waals surface area contributed by atoms with Crippen molar-refractivity contribution in [1.82, 2.24) is 4.90 Å². The zero-order valence-electron chi connectivity index (χ0n) is 16.9. The fraction of sp³-hybridized carbons (Fsp3) is 0.391. The summed E-state index contributed by atoms with van der Waals surface area (Å²) in [5.74, 6) is 0.353.